The van der Waals surface area contributed by atoms with Gasteiger partial charge in [-0.3, -0.25) is 19.2 Å². The van der Waals surface area contributed by atoms with Gasteiger partial charge in [0.15, 0.2) is 0 Å². The lowest BCUT2D eigenvalue weighted by Crippen LogP contribution is -2.69. The van der Waals surface area contributed by atoms with Crippen LogP contribution in [0.2, 0.25) is 0 Å². The van der Waals surface area contributed by atoms with Crippen LogP contribution in [0.25, 0.3) is 0 Å². The highest BCUT2D eigenvalue weighted by atomic mass is 16.4. The van der Waals surface area contributed by atoms with Crippen molar-refractivity contribution >= 4 is 23.9 Å². The molecule has 0 aromatic carbocycles. The van der Waals surface area contributed by atoms with Crippen molar-refractivity contribution in [2.24, 2.45) is 46.8 Å². The van der Waals surface area contributed by atoms with Gasteiger partial charge in [0.2, 0.25) is 0 Å². The molecule has 0 heterocycles. The number of hydrogen-bond acceptors (Lipinski definition) is 4. The first-order chi connectivity index (χ1) is 11.5. The van der Waals surface area contributed by atoms with Crippen LogP contribution in [0, 0.1) is 46.8 Å². The van der Waals surface area contributed by atoms with E-state index in [0.29, 0.717) is 0 Å². The molecular weight excluding hydrogens is 332 g/mol. The molecule has 0 radical (unpaired) electrons. The minimum absolute atomic E-state index is 0.0883. The largest absolute Gasteiger partial charge is 0.481 e. The first-order valence-corrected chi connectivity index (χ1v) is 8.38. The van der Waals surface area contributed by atoms with Gasteiger partial charge in [0, 0.05) is 0 Å². The van der Waals surface area contributed by atoms with Crippen molar-refractivity contribution < 1.29 is 39.6 Å². The highest BCUT2D eigenvalue weighted by Gasteiger charge is 2.73. The van der Waals surface area contributed by atoms with Crippen molar-refractivity contribution in [3.63, 3.8) is 0 Å². The van der Waals surface area contributed by atoms with Crippen molar-refractivity contribution in [3.05, 3.63) is 0 Å². The summed E-state index contributed by atoms with van der Waals surface area (Å²) in [5.41, 5.74) is -1.55. The second-order valence-corrected chi connectivity index (χ2v) is 7.85. The zero-order chi connectivity index (χ0) is 19.3. The van der Waals surface area contributed by atoms with E-state index in [-0.39, 0.29) is 18.8 Å². The van der Waals surface area contributed by atoms with E-state index in [0.717, 1.165) is 0 Å². The minimum atomic E-state index is -1.55. The van der Waals surface area contributed by atoms with E-state index in [4.69, 9.17) is 0 Å². The summed E-state index contributed by atoms with van der Waals surface area (Å²) in [5.74, 6) is -10.8. The molecule has 0 amide bonds. The predicted molar refractivity (Wildman–Crippen MR) is 83.7 cm³/mol. The van der Waals surface area contributed by atoms with Crippen LogP contribution in [0.4, 0.5) is 0 Å². The van der Waals surface area contributed by atoms with Gasteiger partial charge in [-0.15, -0.1) is 0 Å². The maximum absolute atomic E-state index is 12.1. The summed E-state index contributed by atoms with van der Waals surface area (Å²) in [6.45, 7) is 5.11. The van der Waals surface area contributed by atoms with Gasteiger partial charge in [0.1, 0.15) is 0 Å². The molecule has 25 heavy (non-hydrogen) atoms. The fourth-order valence-electron chi connectivity index (χ4n) is 5.46. The molecule has 7 atom stereocenters. The Labute approximate surface area is 144 Å². The number of carboxylic acids is 4. The zero-order valence-electron chi connectivity index (χ0n) is 14.4. The molecule has 2 aliphatic carbocycles. The van der Waals surface area contributed by atoms with Crippen LogP contribution in [0.15, 0.2) is 0 Å². The Morgan fingerprint density at radius 2 is 1.56 bits per heavy atom. The maximum Gasteiger partial charge on any atom is 0.310 e. The number of fused-ring (bicyclic) bond motifs is 1. The number of carbonyl (C=O) groups is 4. The van der Waals surface area contributed by atoms with E-state index in [9.17, 15) is 39.6 Å². The Hall–Kier alpha value is -2.12. The van der Waals surface area contributed by atoms with Crippen LogP contribution in [-0.2, 0) is 19.2 Å². The SMILES string of the molecule is CC(C)CC1(C(=O)O)C2CC(C(=O)O)C(C(=O)O)C(C)C2C1C(=O)O. The first-order valence-electron chi connectivity index (χ1n) is 8.38. The predicted octanol–water partition coefficient (Wildman–Crippen LogP) is 1.49. The van der Waals surface area contributed by atoms with Crippen LogP contribution < -0.4 is 0 Å². The van der Waals surface area contributed by atoms with E-state index in [2.05, 4.69) is 0 Å². The Morgan fingerprint density at radius 3 is 1.92 bits per heavy atom. The Kier molecular flexibility index (Phi) is 4.85. The maximum atomic E-state index is 12.1. The van der Waals surface area contributed by atoms with Crippen molar-refractivity contribution in [2.45, 2.75) is 33.6 Å². The fraction of sp³-hybridized carbons (Fsp3) is 0.765. The average Bonchev–Trinajstić information content (AvgIpc) is 2.43. The normalized spacial score (nSPS) is 40.0. The van der Waals surface area contributed by atoms with Gasteiger partial charge < -0.3 is 20.4 Å². The van der Waals surface area contributed by atoms with Crippen LogP contribution in [-0.4, -0.2) is 44.3 Å². The molecule has 2 saturated carbocycles. The van der Waals surface area contributed by atoms with Gasteiger partial charge >= 0.3 is 23.9 Å². The zero-order valence-corrected chi connectivity index (χ0v) is 14.4. The van der Waals surface area contributed by atoms with Crippen molar-refractivity contribution in [3.8, 4) is 0 Å². The van der Waals surface area contributed by atoms with Gasteiger partial charge in [-0.05, 0) is 36.5 Å². The Morgan fingerprint density at radius 1 is 1.00 bits per heavy atom. The fourth-order valence-corrected chi connectivity index (χ4v) is 5.46. The lowest BCUT2D eigenvalue weighted by Gasteiger charge is -2.63. The molecule has 8 heteroatoms. The molecular formula is C17H24O8. The van der Waals surface area contributed by atoms with Gasteiger partial charge in [-0.25, -0.2) is 0 Å². The number of aliphatic carboxylic acids is 4. The lowest BCUT2D eigenvalue weighted by atomic mass is 9.37. The summed E-state index contributed by atoms with van der Waals surface area (Å²) < 4.78 is 0. The van der Waals surface area contributed by atoms with Crippen LogP contribution in [0.5, 0.6) is 0 Å². The number of carboxylic acid groups (broad SMARTS) is 4. The van der Waals surface area contributed by atoms with Crippen LogP contribution in [0.3, 0.4) is 0 Å². The molecule has 0 aliphatic heterocycles. The molecule has 140 valence electrons. The van der Waals surface area contributed by atoms with Crippen LogP contribution >= 0.6 is 0 Å². The second kappa shape index (κ2) is 6.31. The molecule has 0 saturated heterocycles. The Balaban J connectivity index is 2.54. The van der Waals surface area contributed by atoms with Crippen molar-refractivity contribution in [2.75, 3.05) is 0 Å². The van der Waals surface area contributed by atoms with E-state index >= 15 is 0 Å². The number of hydrogen-bond donors (Lipinski definition) is 4. The molecule has 2 rings (SSSR count). The quantitative estimate of drug-likeness (QED) is 0.559. The number of rotatable bonds is 6. The molecule has 8 nitrogen and oxygen atoms in total. The molecule has 2 fully saturated rings. The average molecular weight is 356 g/mol. The minimum Gasteiger partial charge on any atom is -0.481 e. The molecule has 4 N–H and O–H groups in total. The van der Waals surface area contributed by atoms with E-state index < -0.39 is 64.8 Å². The van der Waals surface area contributed by atoms with Crippen molar-refractivity contribution in [1.82, 2.24) is 0 Å². The summed E-state index contributed by atoms with van der Waals surface area (Å²) in [5, 5.41) is 38.4. The van der Waals surface area contributed by atoms with E-state index in [1.165, 1.54) is 6.92 Å². The smallest absolute Gasteiger partial charge is 0.310 e. The molecule has 0 aromatic rings. The molecule has 0 spiro atoms. The third-order valence-corrected chi connectivity index (χ3v) is 6.19. The standard InChI is InChI=1S/C17H24O8/c1-6(2)5-17(16(24)25)9-4-8(13(18)19)10(14(20)21)7(3)11(9)12(17)15(22)23/h6-12H,4-5H2,1-3H3,(H,18,19)(H,20,21)(H,22,23)(H,24,25). The van der Waals surface area contributed by atoms with Gasteiger partial charge in [-0.1, -0.05) is 20.8 Å². The first kappa shape index (κ1) is 19.2. The summed E-state index contributed by atoms with van der Waals surface area (Å²) in [6, 6.07) is 0. The molecule has 2 aliphatic rings. The van der Waals surface area contributed by atoms with Gasteiger partial charge in [0.25, 0.3) is 0 Å². The third kappa shape index (κ3) is 2.67. The Bertz CT molecular complexity index is 612. The van der Waals surface area contributed by atoms with E-state index in [1.54, 1.807) is 13.8 Å². The molecule has 7 unspecified atom stereocenters. The summed E-state index contributed by atoms with van der Waals surface area (Å²) in [7, 11) is 0. The summed E-state index contributed by atoms with van der Waals surface area (Å²) in [6.07, 6.45) is 0.00136. The van der Waals surface area contributed by atoms with Crippen LogP contribution in [0.1, 0.15) is 33.6 Å². The topological polar surface area (TPSA) is 149 Å². The summed E-state index contributed by atoms with van der Waals surface area (Å²) >= 11 is 0. The van der Waals surface area contributed by atoms with E-state index in [1.807, 2.05) is 0 Å². The highest BCUT2D eigenvalue weighted by Crippen LogP contribution is 2.67. The third-order valence-electron chi connectivity index (χ3n) is 6.19. The van der Waals surface area contributed by atoms with Crippen molar-refractivity contribution in [1.29, 1.82) is 0 Å². The monoisotopic (exact) mass is 356 g/mol. The van der Waals surface area contributed by atoms with Gasteiger partial charge in [-0.2, -0.15) is 0 Å². The highest BCUT2D eigenvalue weighted by molar-refractivity contribution is 5.88. The second-order valence-electron chi connectivity index (χ2n) is 7.85. The molecule has 0 bridgehead atoms. The molecule has 0 aromatic heterocycles. The lowest BCUT2D eigenvalue weighted by molar-refractivity contribution is -0.229. The van der Waals surface area contributed by atoms with Gasteiger partial charge in [0.05, 0.1) is 23.2 Å². The summed E-state index contributed by atoms with van der Waals surface area (Å²) in [4.78, 5) is 47.1.